The molecule has 3 rings (SSSR count). The summed E-state index contributed by atoms with van der Waals surface area (Å²) in [6.45, 7) is 11.9. The van der Waals surface area contributed by atoms with Gasteiger partial charge in [0.15, 0.2) is 6.54 Å². The number of quaternary nitrogens is 2. The molecule has 2 heterocycles. The summed E-state index contributed by atoms with van der Waals surface area (Å²) in [5.41, 5.74) is 3.23. The fraction of sp³-hybridized carbons (Fsp3) is 0.524. The Morgan fingerprint density at radius 2 is 1.85 bits per heavy atom. The first-order chi connectivity index (χ1) is 13.0. The minimum atomic E-state index is 0.0943. The van der Waals surface area contributed by atoms with Crippen LogP contribution in [-0.4, -0.2) is 43.8 Å². The van der Waals surface area contributed by atoms with Crippen molar-refractivity contribution in [3.8, 4) is 0 Å². The van der Waals surface area contributed by atoms with E-state index in [-0.39, 0.29) is 5.91 Å². The summed E-state index contributed by atoms with van der Waals surface area (Å²) in [6, 6.07) is 10.3. The molecule has 0 spiro atoms. The molecule has 1 aromatic carbocycles. The average molecular weight is 373 g/mol. The van der Waals surface area contributed by atoms with Crippen LogP contribution in [0.25, 0.3) is 0 Å². The molecule has 0 radical (unpaired) electrons. The number of hydrogen-bond donors (Lipinski definition) is 3. The summed E-state index contributed by atoms with van der Waals surface area (Å²) in [5.74, 6) is 1.51. The van der Waals surface area contributed by atoms with Gasteiger partial charge < -0.3 is 19.6 Å². The summed E-state index contributed by atoms with van der Waals surface area (Å²) in [5, 5.41) is 7.12. The lowest BCUT2D eigenvalue weighted by Gasteiger charge is -2.28. The minimum absolute atomic E-state index is 0.0943. The molecule has 27 heavy (non-hydrogen) atoms. The number of aryl methyl sites for hydroxylation is 1. The number of nitrogens with zero attached hydrogens (tertiary/aromatic N) is 1. The second kappa shape index (κ2) is 9.15. The number of aromatic nitrogens is 1. The van der Waals surface area contributed by atoms with E-state index in [9.17, 15) is 4.79 Å². The molecule has 1 amide bonds. The third-order valence-corrected chi connectivity index (χ3v) is 5.56. The Morgan fingerprint density at radius 3 is 2.44 bits per heavy atom. The van der Waals surface area contributed by atoms with Crippen LogP contribution in [0, 0.1) is 6.92 Å². The van der Waals surface area contributed by atoms with Crippen molar-refractivity contribution in [1.82, 2.24) is 5.16 Å². The lowest BCUT2D eigenvalue weighted by Crippen LogP contribution is -3.28. The maximum absolute atomic E-state index is 12.4. The summed E-state index contributed by atoms with van der Waals surface area (Å²) < 4.78 is 5.14. The molecule has 0 saturated carbocycles. The summed E-state index contributed by atoms with van der Waals surface area (Å²) in [6.07, 6.45) is 1.12. The van der Waals surface area contributed by atoms with Gasteiger partial charge in [0.25, 0.3) is 5.91 Å². The molecule has 1 fully saturated rings. The maximum Gasteiger partial charge on any atom is 0.279 e. The average Bonchev–Trinajstić information content (AvgIpc) is 3.08. The van der Waals surface area contributed by atoms with E-state index < -0.39 is 0 Å². The molecule has 1 aromatic heterocycles. The van der Waals surface area contributed by atoms with E-state index in [1.807, 2.05) is 25.1 Å². The van der Waals surface area contributed by atoms with E-state index in [1.165, 1.54) is 15.4 Å². The number of hydrogen-bond acceptors (Lipinski definition) is 3. The zero-order valence-electron chi connectivity index (χ0n) is 16.7. The lowest BCUT2D eigenvalue weighted by molar-refractivity contribution is -1.02. The van der Waals surface area contributed by atoms with Crippen molar-refractivity contribution in [3.63, 3.8) is 0 Å². The fourth-order valence-corrected chi connectivity index (χ4v) is 3.63. The monoisotopic (exact) mass is 372 g/mol. The summed E-state index contributed by atoms with van der Waals surface area (Å²) >= 11 is 0. The highest BCUT2D eigenvalue weighted by Crippen LogP contribution is 2.20. The lowest BCUT2D eigenvalue weighted by atomic mass is 9.99. The zero-order chi connectivity index (χ0) is 19.2. The molecule has 0 aliphatic carbocycles. The molecule has 6 heteroatoms. The molecule has 146 valence electrons. The van der Waals surface area contributed by atoms with Crippen molar-refractivity contribution in [1.29, 1.82) is 0 Å². The van der Waals surface area contributed by atoms with Crippen molar-refractivity contribution in [2.24, 2.45) is 0 Å². The predicted octanol–water partition coefficient (Wildman–Crippen LogP) is 0.419. The van der Waals surface area contributed by atoms with E-state index >= 15 is 0 Å². The van der Waals surface area contributed by atoms with E-state index in [0.29, 0.717) is 12.5 Å². The van der Waals surface area contributed by atoms with Crippen molar-refractivity contribution in [3.05, 3.63) is 47.3 Å². The third kappa shape index (κ3) is 5.65. The molecule has 1 aliphatic heterocycles. The van der Waals surface area contributed by atoms with Crippen LogP contribution in [-0.2, 0) is 11.3 Å². The van der Waals surface area contributed by atoms with Gasteiger partial charge in [0.1, 0.15) is 44.2 Å². The van der Waals surface area contributed by atoms with Gasteiger partial charge in [-0.3, -0.25) is 4.79 Å². The van der Waals surface area contributed by atoms with E-state index in [0.717, 1.165) is 56.3 Å². The van der Waals surface area contributed by atoms with Crippen LogP contribution in [0.4, 0.5) is 5.69 Å². The zero-order valence-corrected chi connectivity index (χ0v) is 16.7. The first-order valence-electron chi connectivity index (χ1n) is 10.0. The van der Waals surface area contributed by atoms with Gasteiger partial charge in [-0.25, -0.2) is 0 Å². The predicted molar refractivity (Wildman–Crippen MR) is 105 cm³/mol. The van der Waals surface area contributed by atoms with Crippen LogP contribution in [0.2, 0.25) is 0 Å². The fourth-order valence-electron chi connectivity index (χ4n) is 3.63. The third-order valence-electron chi connectivity index (χ3n) is 5.56. The number of benzene rings is 1. The minimum Gasteiger partial charge on any atom is -0.361 e. The quantitative estimate of drug-likeness (QED) is 0.660. The molecule has 1 aliphatic rings. The molecule has 1 atom stereocenters. The van der Waals surface area contributed by atoms with E-state index in [4.69, 9.17) is 4.52 Å². The number of carbonyl (C=O) groups is 1. The Bertz CT molecular complexity index is 733. The van der Waals surface area contributed by atoms with Crippen LogP contribution in [0.5, 0.6) is 0 Å². The van der Waals surface area contributed by atoms with Crippen molar-refractivity contribution in [2.75, 3.05) is 38.0 Å². The first-order valence-corrected chi connectivity index (χ1v) is 10.0. The summed E-state index contributed by atoms with van der Waals surface area (Å²) in [7, 11) is 0. The number of anilines is 1. The van der Waals surface area contributed by atoms with Gasteiger partial charge >= 0.3 is 0 Å². The van der Waals surface area contributed by atoms with Gasteiger partial charge in [-0.2, -0.15) is 0 Å². The molecular weight excluding hydrogens is 340 g/mol. The largest absolute Gasteiger partial charge is 0.361 e. The van der Waals surface area contributed by atoms with Crippen molar-refractivity contribution < 1.29 is 19.1 Å². The molecule has 1 saturated heterocycles. The smallest absolute Gasteiger partial charge is 0.279 e. The first kappa shape index (κ1) is 19.6. The normalized spacial score (nSPS) is 21.0. The van der Waals surface area contributed by atoms with E-state index in [1.54, 1.807) is 0 Å². The van der Waals surface area contributed by atoms with Crippen LogP contribution in [0.3, 0.4) is 0 Å². The van der Waals surface area contributed by atoms with Crippen LogP contribution < -0.4 is 15.1 Å². The highest BCUT2D eigenvalue weighted by atomic mass is 16.5. The number of carbonyl (C=O) groups excluding carboxylic acids is 1. The molecule has 0 unspecified atom stereocenters. The molecular formula is C21H32N4O2+2. The Labute approximate surface area is 161 Å². The molecule has 6 nitrogen and oxygen atoms in total. The standard InChI is InChI=1S/C21H30N4O2/c1-4-16(2)18-5-7-19(8-6-18)22-21(26)15-25-11-9-24(10-12-25)14-20-13-17(3)27-23-20/h5-8,13,16H,4,9-12,14-15H2,1-3H3,(H,22,26)/p+2/t16-/m1/s1. The van der Waals surface area contributed by atoms with Crippen LogP contribution in [0.1, 0.15) is 43.2 Å². The molecule has 2 aromatic rings. The van der Waals surface area contributed by atoms with E-state index in [2.05, 4.69) is 36.5 Å². The van der Waals surface area contributed by atoms with Crippen molar-refractivity contribution in [2.45, 2.75) is 39.7 Å². The number of nitrogens with one attached hydrogen (secondary N) is 3. The van der Waals surface area contributed by atoms with Crippen LogP contribution >= 0.6 is 0 Å². The molecule has 0 bridgehead atoms. The Kier molecular flexibility index (Phi) is 6.63. The second-order valence-electron chi connectivity index (χ2n) is 7.76. The van der Waals surface area contributed by atoms with Gasteiger partial charge in [-0.05, 0) is 37.0 Å². The SMILES string of the molecule is CC[C@@H](C)c1ccc(NC(=O)C[NH+]2CC[NH+](Cc3cc(C)on3)CC2)cc1. The Hall–Kier alpha value is -2.18. The summed E-state index contributed by atoms with van der Waals surface area (Å²) in [4.78, 5) is 15.2. The number of rotatable bonds is 7. The second-order valence-corrected chi connectivity index (χ2v) is 7.76. The van der Waals surface area contributed by atoms with Gasteiger partial charge in [0.2, 0.25) is 0 Å². The highest BCUT2D eigenvalue weighted by Gasteiger charge is 2.25. The topological polar surface area (TPSA) is 64.0 Å². The Morgan fingerprint density at radius 1 is 1.19 bits per heavy atom. The number of piperazine rings is 1. The van der Waals surface area contributed by atoms with Gasteiger partial charge in [-0.1, -0.05) is 31.1 Å². The van der Waals surface area contributed by atoms with Gasteiger partial charge in [0, 0.05) is 11.8 Å². The van der Waals surface area contributed by atoms with Gasteiger partial charge in [0.05, 0.1) is 0 Å². The highest BCUT2D eigenvalue weighted by molar-refractivity contribution is 5.91. The number of amides is 1. The molecule has 3 N–H and O–H groups in total. The maximum atomic E-state index is 12.4. The Balaban J connectivity index is 1.41. The van der Waals surface area contributed by atoms with Gasteiger partial charge in [-0.15, -0.1) is 0 Å². The van der Waals surface area contributed by atoms with Crippen LogP contribution in [0.15, 0.2) is 34.9 Å². The van der Waals surface area contributed by atoms with Crippen molar-refractivity contribution >= 4 is 11.6 Å².